The molecule has 11 heteroatoms. The lowest BCUT2D eigenvalue weighted by Crippen LogP contribution is -2.13. The second-order valence-corrected chi connectivity index (χ2v) is 6.87. The van der Waals surface area contributed by atoms with E-state index in [2.05, 4.69) is 30.6 Å². The molecule has 4 aromatic heterocycles. The third-order valence-corrected chi connectivity index (χ3v) is 4.73. The molecule has 0 aliphatic heterocycles. The number of amides is 1. The first-order chi connectivity index (χ1) is 15.0. The Morgan fingerprint density at radius 3 is 2.81 bits per heavy atom. The van der Waals surface area contributed by atoms with E-state index < -0.39 is 11.7 Å². The third-order valence-electron chi connectivity index (χ3n) is 4.73. The minimum atomic E-state index is -0.555. The molecule has 0 aliphatic rings. The van der Waals surface area contributed by atoms with Gasteiger partial charge in [0.25, 0.3) is 11.6 Å². The van der Waals surface area contributed by atoms with Crippen LogP contribution in [0.1, 0.15) is 16.1 Å². The first-order valence-electron chi connectivity index (χ1n) is 9.21. The fourth-order valence-electron chi connectivity index (χ4n) is 3.28. The van der Waals surface area contributed by atoms with Crippen molar-refractivity contribution in [3.63, 3.8) is 0 Å². The topological polar surface area (TPSA) is 117 Å². The number of aryl methyl sites for hydroxylation is 2. The number of nitrogens with one attached hydrogen (secondary N) is 1. The number of pyridine rings is 1. The summed E-state index contributed by atoms with van der Waals surface area (Å²) in [4.78, 5) is 21.4. The molecule has 1 N–H and O–H groups in total. The molecule has 5 aromatic rings. The lowest BCUT2D eigenvalue weighted by Gasteiger charge is -2.09. The van der Waals surface area contributed by atoms with Gasteiger partial charge in [0.1, 0.15) is 18.3 Å². The lowest BCUT2D eigenvalue weighted by atomic mass is 10.1. The Bertz CT molecular complexity index is 1420. The highest BCUT2D eigenvalue weighted by Gasteiger charge is 2.20. The van der Waals surface area contributed by atoms with Crippen molar-refractivity contribution < 1.29 is 13.7 Å². The van der Waals surface area contributed by atoms with Crippen LogP contribution in [0.15, 0.2) is 53.8 Å². The highest BCUT2D eigenvalue weighted by molar-refractivity contribution is 6.13. The van der Waals surface area contributed by atoms with E-state index in [1.807, 2.05) is 0 Å². The van der Waals surface area contributed by atoms with Crippen molar-refractivity contribution in [3.8, 4) is 16.9 Å². The van der Waals surface area contributed by atoms with Crippen molar-refractivity contribution in [1.82, 2.24) is 34.7 Å². The molecule has 0 radical (unpaired) electrons. The maximum atomic E-state index is 14.5. The molecule has 154 valence electrons. The average Bonchev–Trinajstić information content (AvgIpc) is 3.50. The molecule has 0 atom stereocenters. The van der Waals surface area contributed by atoms with Gasteiger partial charge in [-0.05, 0) is 31.2 Å². The third kappa shape index (κ3) is 3.31. The molecule has 31 heavy (non-hydrogen) atoms. The summed E-state index contributed by atoms with van der Waals surface area (Å²) in [6, 6.07) is 5.95. The minimum Gasteiger partial charge on any atom is -0.335 e. The molecule has 4 heterocycles. The van der Waals surface area contributed by atoms with Gasteiger partial charge in [0, 0.05) is 24.5 Å². The first-order valence-corrected chi connectivity index (χ1v) is 9.21. The quantitative estimate of drug-likeness (QED) is 0.477. The summed E-state index contributed by atoms with van der Waals surface area (Å²) in [7, 11) is 1.78. The molecular formula is C20H15FN8O2. The van der Waals surface area contributed by atoms with Crippen molar-refractivity contribution in [1.29, 1.82) is 0 Å². The number of halogens is 1. The van der Waals surface area contributed by atoms with Crippen molar-refractivity contribution in [2.24, 2.45) is 7.05 Å². The van der Waals surface area contributed by atoms with Crippen LogP contribution in [0.25, 0.3) is 28.0 Å². The van der Waals surface area contributed by atoms with Gasteiger partial charge in [0.05, 0.1) is 28.5 Å². The SMILES string of the molecule is Cc1noc2nc(-c3cnn(C)c3)cc(C(=O)Nc3ccc(-n4cncn4)c(F)c3)c12. The molecule has 0 aliphatic carbocycles. The van der Waals surface area contributed by atoms with E-state index in [4.69, 9.17) is 4.52 Å². The lowest BCUT2D eigenvalue weighted by molar-refractivity contribution is 0.102. The van der Waals surface area contributed by atoms with Crippen LogP contribution in [-0.4, -0.2) is 40.6 Å². The maximum absolute atomic E-state index is 14.5. The summed E-state index contributed by atoms with van der Waals surface area (Å²) in [5, 5.41) is 15.2. The molecule has 0 saturated heterocycles. The van der Waals surface area contributed by atoms with Gasteiger partial charge in [0.2, 0.25) is 0 Å². The van der Waals surface area contributed by atoms with Gasteiger partial charge >= 0.3 is 0 Å². The Balaban J connectivity index is 1.52. The fraction of sp³-hybridized carbons (Fsp3) is 0.100. The minimum absolute atomic E-state index is 0.218. The first kappa shape index (κ1) is 18.6. The van der Waals surface area contributed by atoms with Crippen LogP contribution in [0.2, 0.25) is 0 Å². The second-order valence-electron chi connectivity index (χ2n) is 6.87. The number of hydrogen-bond acceptors (Lipinski definition) is 7. The summed E-state index contributed by atoms with van der Waals surface area (Å²) >= 11 is 0. The van der Waals surface area contributed by atoms with Crippen molar-refractivity contribution in [3.05, 3.63) is 66.4 Å². The number of anilines is 1. The molecule has 5 rings (SSSR count). The van der Waals surface area contributed by atoms with Crippen LogP contribution < -0.4 is 5.32 Å². The number of hydrogen-bond donors (Lipinski definition) is 1. The van der Waals surface area contributed by atoms with Crippen LogP contribution >= 0.6 is 0 Å². The predicted octanol–water partition coefficient (Wildman–Crippen LogP) is 2.90. The van der Waals surface area contributed by atoms with Crippen LogP contribution in [0.4, 0.5) is 10.1 Å². The Morgan fingerprint density at radius 1 is 1.23 bits per heavy atom. The zero-order valence-electron chi connectivity index (χ0n) is 16.4. The molecular weight excluding hydrogens is 403 g/mol. The standard InChI is InChI=1S/C20H15FN8O2/c1-11-18-14(6-16(26-20(18)31-27-11)12-7-23-28(2)8-12)19(30)25-13-3-4-17(15(21)5-13)29-10-22-9-24-29/h3-10H,1-2H3,(H,25,30). The van der Waals surface area contributed by atoms with Crippen LogP contribution in [0.5, 0.6) is 0 Å². The molecule has 0 spiro atoms. The van der Waals surface area contributed by atoms with Gasteiger partial charge in [-0.3, -0.25) is 9.48 Å². The molecule has 10 nitrogen and oxygen atoms in total. The van der Waals surface area contributed by atoms with Crippen LogP contribution in [-0.2, 0) is 7.05 Å². The normalized spacial score (nSPS) is 11.2. The van der Waals surface area contributed by atoms with Gasteiger partial charge in [-0.1, -0.05) is 5.16 Å². The van der Waals surface area contributed by atoms with E-state index in [1.165, 1.54) is 29.5 Å². The van der Waals surface area contributed by atoms with Gasteiger partial charge in [-0.25, -0.2) is 19.0 Å². The number of nitrogens with zero attached hydrogens (tertiary/aromatic N) is 7. The zero-order chi connectivity index (χ0) is 21.5. The fourth-order valence-corrected chi connectivity index (χ4v) is 3.28. The Kier molecular flexibility index (Phi) is 4.28. The summed E-state index contributed by atoms with van der Waals surface area (Å²) in [5.41, 5.74) is 2.80. The number of carbonyl (C=O) groups excluding carboxylic acids is 1. The van der Waals surface area contributed by atoms with E-state index >= 15 is 0 Å². The van der Waals surface area contributed by atoms with Crippen molar-refractivity contribution >= 4 is 22.7 Å². The smallest absolute Gasteiger partial charge is 0.259 e. The van der Waals surface area contributed by atoms with Crippen molar-refractivity contribution in [2.45, 2.75) is 6.92 Å². The Labute approximate surface area is 174 Å². The monoisotopic (exact) mass is 418 g/mol. The Morgan fingerprint density at radius 2 is 2.10 bits per heavy atom. The molecule has 0 fully saturated rings. The number of aromatic nitrogens is 7. The summed E-state index contributed by atoms with van der Waals surface area (Å²) in [6.45, 7) is 1.72. The van der Waals surface area contributed by atoms with Crippen molar-refractivity contribution in [2.75, 3.05) is 5.32 Å². The summed E-state index contributed by atoms with van der Waals surface area (Å²) in [5.74, 6) is -1.00. The highest BCUT2D eigenvalue weighted by atomic mass is 19.1. The van der Waals surface area contributed by atoms with Gasteiger partial charge in [-0.15, -0.1) is 0 Å². The number of carbonyl (C=O) groups is 1. The second kappa shape index (κ2) is 7.13. The predicted molar refractivity (Wildman–Crippen MR) is 108 cm³/mol. The molecule has 0 unspecified atom stereocenters. The average molecular weight is 418 g/mol. The van der Waals surface area contributed by atoms with Crippen LogP contribution in [0, 0.1) is 12.7 Å². The Hall–Kier alpha value is -4.41. The summed E-state index contributed by atoms with van der Waals surface area (Å²) < 4.78 is 22.8. The largest absolute Gasteiger partial charge is 0.335 e. The van der Waals surface area contributed by atoms with Crippen LogP contribution in [0.3, 0.4) is 0 Å². The van der Waals surface area contributed by atoms with Gasteiger partial charge in [-0.2, -0.15) is 10.2 Å². The number of fused-ring (bicyclic) bond motifs is 1. The zero-order valence-corrected chi connectivity index (χ0v) is 16.4. The molecule has 1 amide bonds. The molecule has 0 bridgehead atoms. The van der Waals surface area contributed by atoms with E-state index in [9.17, 15) is 9.18 Å². The number of benzene rings is 1. The molecule has 0 saturated carbocycles. The molecule has 1 aromatic carbocycles. The van der Waals surface area contributed by atoms with Gasteiger partial charge < -0.3 is 9.84 Å². The van der Waals surface area contributed by atoms with E-state index in [1.54, 1.807) is 43.2 Å². The van der Waals surface area contributed by atoms with E-state index in [0.717, 1.165) is 5.56 Å². The van der Waals surface area contributed by atoms with Gasteiger partial charge in [0.15, 0.2) is 5.82 Å². The maximum Gasteiger partial charge on any atom is 0.259 e. The number of rotatable bonds is 4. The van der Waals surface area contributed by atoms with E-state index in [0.29, 0.717) is 22.3 Å². The summed E-state index contributed by atoms with van der Waals surface area (Å²) in [6.07, 6.45) is 6.11. The van der Waals surface area contributed by atoms with E-state index in [-0.39, 0.29) is 17.1 Å². The highest BCUT2D eigenvalue weighted by Crippen LogP contribution is 2.28.